The molecule has 1 aromatic heterocycles. The van der Waals surface area contributed by atoms with Crippen molar-refractivity contribution >= 4 is 29.4 Å². The number of halogens is 1. The van der Waals surface area contributed by atoms with Crippen LogP contribution in [-0.4, -0.2) is 40.7 Å². The van der Waals surface area contributed by atoms with Gasteiger partial charge in [0.15, 0.2) is 5.69 Å². The van der Waals surface area contributed by atoms with Crippen molar-refractivity contribution in [3.05, 3.63) is 17.0 Å². The quantitative estimate of drug-likeness (QED) is 0.671. The van der Waals surface area contributed by atoms with Crippen molar-refractivity contribution in [2.45, 2.75) is 39.3 Å². The number of methoxy groups -OCH3 is 1. The van der Waals surface area contributed by atoms with Gasteiger partial charge in [0.1, 0.15) is 17.5 Å². The Labute approximate surface area is 128 Å². The van der Waals surface area contributed by atoms with Crippen molar-refractivity contribution in [2.75, 3.05) is 12.4 Å². The van der Waals surface area contributed by atoms with Crippen LogP contribution in [0, 0.1) is 0 Å². The summed E-state index contributed by atoms with van der Waals surface area (Å²) in [5.41, 5.74) is -0.647. The maximum absolute atomic E-state index is 12.0. The number of anilines is 1. The molecule has 0 aromatic carbocycles. The van der Waals surface area contributed by atoms with Crippen LogP contribution >= 0.6 is 11.6 Å². The molecule has 0 aliphatic rings. The minimum absolute atomic E-state index is 0.00416. The molecule has 1 N–H and O–H groups in total. The van der Waals surface area contributed by atoms with Crippen molar-refractivity contribution in [2.24, 2.45) is 0 Å². The molecule has 1 rings (SSSR count). The minimum Gasteiger partial charge on any atom is -0.467 e. The third kappa shape index (κ3) is 5.55. The molecule has 0 bridgehead atoms. The molecule has 0 saturated carbocycles. The highest BCUT2D eigenvalue weighted by Gasteiger charge is 2.21. The number of carbonyl (C=O) groups excluding carboxylic acids is 2. The summed E-state index contributed by atoms with van der Waals surface area (Å²) in [4.78, 5) is 31.0. The first-order chi connectivity index (χ1) is 9.62. The summed E-state index contributed by atoms with van der Waals surface area (Å²) in [6, 6.07) is 0.715. The van der Waals surface area contributed by atoms with Crippen LogP contribution in [0.15, 0.2) is 6.07 Å². The first-order valence-corrected chi connectivity index (χ1v) is 6.62. The lowest BCUT2D eigenvalue weighted by Gasteiger charge is -2.19. The van der Waals surface area contributed by atoms with Crippen molar-refractivity contribution in [1.82, 2.24) is 9.97 Å². The van der Waals surface area contributed by atoms with Gasteiger partial charge in [-0.1, -0.05) is 0 Å². The summed E-state index contributed by atoms with van der Waals surface area (Å²) in [5.74, 6) is -0.863. The van der Waals surface area contributed by atoms with Gasteiger partial charge in [-0.3, -0.25) is 0 Å². The Balaban J connectivity index is 2.94. The van der Waals surface area contributed by atoms with Crippen LogP contribution in [0.3, 0.4) is 0 Å². The van der Waals surface area contributed by atoms with Crippen LogP contribution in [0.2, 0.25) is 5.28 Å². The highest BCUT2D eigenvalue weighted by atomic mass is 35.5. The third-order valence-electron chi connectivity index (χ3n) is 2.23. The van der Waals surface area contributed by atoms with Crippen LogP contribution in [0.4, 0.5) is 5.82 Å². The molecule has 0 aliphatic heterocycles. The third-order valence-corrected chi connectivity index (χ3v) is 2.40. The maximum atomic E-state index is 12.0. The van der Waals surface area contributed by atoms with Crippen LogP contribution < -0.4 is 5.32 Å². The number of hydrogen-bond acceptors (Lipinski definition) is 7. The predicted octanol–water partition coefficient (Wildman–Crippen LogP) is 2.06. The van der Waals surface area contributed by atoms with Gasteiger partial charge in [0.2, 0.25) is 5.28 Å². The number of aromatic nitrogens is 2. The van der Waals surface area contributed by atoms with Crippen molar-refractivity contribution in [3.63, 3.8) is 0 Å². The van der Waals surface area contributed by atoms with Crippen molar-refractivity contribution < 1.29 is 19.1 Å². The number of hydrogen-bond donors (Lipinski definition) is 1. The van der Waals surface area contributed by atoms with Crippen LogP contribution in [0.1, 0.15) is 38.2 Å². The zero-order chi connectivity index (χ0) is 16.2. The molecular formula is C13H18ClN3O4. The van der Waals surface area contributed by atoms with E-state index in [9.17, 15) is 9.59 Å². The molecule has 21 heavy (non-hydrogen) atoms. The lowest BCUT2D eigenvalue weighted by molar-refractivity contribution is -0.141. The van der Waals surface area contributed by atoms with Crippen LogP contribution in [-0.2, 0) is 14.3 Å². The molecule has 1 atom stereocenters. The summed E-state index contributed by atoms with van der Waals surface area (Å²) in [6.07, 6.45) is 0. The number of esters is 2. The monoisotopic (exact) mass is 315 g/mol. The molecule has 1 unspecified atom stereocenters. The average Bonchev–Trinajstić information content (AvgIpc) is 2.34. The number of nitrogens with zero attached hydrogens (tertiary/aromatic N) is 2. The average molecular weight is 316 g/mol. The Morgan fingerprint density at radius 3 is 2.48 bits per heavy atom. The highest BCUT2D eigenvalue weighted by Crippen LogP contribution is 2.16. The van der Waals surface area contributed by atoms with Gasteiger partial charge in [-0.25, -0.2) is 19.6 Å². The molecule has 1 aromatic rings. The first kappa shape index (κ1) is 17.2. The van der Waals surface area contributed by atoms with E-state index in [1.807, 2.05) is 0 Å². The Kier molecular flexibility index (Phi) is 5.48. The smallest absolute Gasteiger partial charge is 0.357 e. The largest absolute Gasteiger partial charge is 0.467 e. The minimum atomic E-state index is -0.651. The topological polar surface area (TPSA) is 90.4 Å². The van der Waals surface area contributed by atoms with E-state index in [1.165, 1.54) is 13.2 Å². The number of rotatable bonds is 4. The molecule has 8 heteroatoms. The second-order valence-electron chi connectivity index (χ2n) is 5.30. The summed E-state index contributed by atoms with van der Waals surface area (Å²) < 4.78 is 9.79. The van der Waals surface area contributed by atoms with Gasteiger partial charge in [-0.2, -0.15) is 0 Å². The number of nitrogens with one attached hydrogen (secondary N) is 1. The molecule has 1 heterocycles. The van der Waals surface area contributed by atoms with Gasteiger partial charge >= 0.3 is 11.9 Å². The van der Waals surface area contributed by atoms with Gasteiger partial charge in [-0.15, -0.1) is 0 Å². The summed E-state index contributed by atoms with van der Waals surface area (Å²) in [5, 5.41) is 2.65. The second-order valence-corrected chi connectivity index (χ2v) is 5.64. The molecule has 0 aliphatic carbocycles. The van der Waals surface area contributed by atoms with Crippen molar-refractivity contribution in [3.8, 4) is 0 Å². The van der Waals surface area contributed by atoms with Gasteiger partial charge in [0, 0.05) is 6.07 Å². The molecule has 0 radical (unpaired) electrons. The van der Waals surface area contributed by atoms with Crippen molar-refractivity contribution in [1.29, 1.82) is 0 Å². The summed E-state index contributed by atoms with van der Waals surface area (Å²) in [7, 11) is 1.28. The van der Waals surface area contributed by atoms with E-state index in [4.69, 9.17) is 16.3 Å². The van der Waals surface area contributed by atoms with E-state index >= 15 is 0 Å². The Hall–Kier alpha value is -1.89. The Morgan fingerprint density at radius 2 is 1.95 bits per heavy atom. The van der Waals surface area contributed by atoms with E-state index in [0.717, 1.165) is 0 Å². The van der Waals surface area contributed by atoms with E-state index in [-0.39, 0.29) is 16.8 Å². The van der Waals surface area contributed by atoms with Gasteiger partial charge in [-0.05, 0) is 39.3 Å². The molecule has 7 nitrogen and oxygen atoms in total. The number of ether oxygens (including phenoxy) is 2. The normalized spacial score (nSPS) is 12.5. The Bertz CT molecular complexity index is 543. The lowest BCUT2D eigenvalue weighted by Crippen LogP contribution is -2.28. The second kappa shape index (κ2) is 6.71. The molecule has 116 valence electrons. The van der Waals surface area contributed by atoms with Gasteiger partial charge < -0.3 is 14.8 Å². The van der Waals surface area contributed by atoms with Crippen LogP contribution in [0.25, 0.3) is 0 Å². The van der Waals surface area contributed by atoms with Crippen LogP contribution in [0.5, 0.6) is 0 Å². The summed E-state index contributed by atoms with van der Waals surface area (Å²) in [6.45, 7) is 6.82. The SMILES string of the molecule is COC(=O)C(C)Nc1cc(C(=O)OC(C)(C)C)nc(Cl)n1. The molecule has 0 amide bonds. The molecule has 0 fully saturated rings. The number of carbonyl (C=O) groups is 2. The molecule has 0 saturated heterocycles. The van der Waals surface area contributed by atoms with E-state index < -0.39 is 23.6 Å². The highest BCUT2D eigenvalue weighted by molar-refractivity contribution is 6.28. The standard InChI is InChI=1S/C13H18ClN3O4/c1-7(10(18)20-5)15-9-6-8(16-12(14)17-9)11(19)21-13(2,3)4/h6-7H,1-5H3,(H,15,16,17). The molecule has 0 spiro atoms. The van der Waals surface area contributed by atoms with E-state index in [1.54, 1.807) is 27.7 Å². The predicted molar refractivity (Wildman–Crippen MR) is 77.3 cm³/mol. The Morgan fingerprint density at radius 1 is 1.33 bits per heavy atom. The van der Waals surface area contributed by atoms with Gasteiger partial charge in [0.05, 0.1) is 7.11 Å². The zero-order valence-corrected chi connectivity index (χ0v) is 13.3. The fraction of sp³-hybridized carbons (Fsp3) is 0.538. The maximum Gasteiger partial charge on any atom is 0.357 e. The fourth-order valence-corrected chi connectivity index (χ4v) is 1.57. The lowest BCUT2D eigenvalue weighted by atomic mass is 10.2. The fourth-order valence-electron chi connectivity index (χ4n) is 1.38. The van der Waals surface area contributed by atoms with E-state index in [0.29, 0.717) is 0 Å². The van der Waals surface area contributed by atoms with Gasteiger partial charge in [0.25, 0.3) is 0 Å². The zero-order valence-electron chi connectivity index (χ0n) is 12.6. The first-order valence-electron chi connectivity index (χ1n) is 6.24. The molecular weight excluding hydrogens is 298 g/mol. The van der Waals surface area contributed by atoms with E-state index in [2.05, 4.69) is 20.0 Å². The summed E-state index contributed by atoms with van der Waals surface area (Å²) >= 11 is 5.78.